The minimum atomic E-state index is -0.831. The highest BCUT2D eigenvalue weighted by Gasteiger charge is 2.10. The first-order chi connectivity index (χ1) is 9.06. The fourth-order valence-electron chi connectivity index (χ4n) is 1.66. The van der Waals surface area contributed by atoms with Crippen molar-refractivity contribution in [2.24, 2.45) is 0 Å². The first-order valence-electron chi connectivity index (χ1n) is 5.67. The number of thioether (sulfide) groups is 1. The minimum Gasteiger partial charge on any atom is -0.481 e. The number of hydrogen-bond acceptors (Lipinski definition) is 4. The number of carbonyl (C=O) groups is 1. The van der Waals surface area contributed by atoms with Crippen molar-refractivity contribution < 1.29 is 9.90 Å². The summed E-state index contributed by atoms with van der Waals surface area (Å²) < 4.78 is 2.83. The number of aromatic nitrogens is 2. The number of carboxylic acids is 1. The van der Waals surface area contributed by atoms with E-state index in [0.29, 0.717) is 0 Å². The predicted molar refractivity (Wildman–Crippen MR) is 78.4 cm³/mol. The largest absolute Gasteiger partial charge is 0.481 e. The van der Waals surface area contributed by atoms with E-state index in [2.05, 4.69) is 4.98 Å². The maximum Gasteiger partial charge on any atom is 0.313 e. The van der Waals surface area contributed by atoms with Gasteiger partial charge in [-0.05, 0) is 25.5 Å². The zero-order chi connectivity index (χ0) is 13.8. The molecule has 0 saturated carbocycles. The molecule has 102 valence electrons. The second-order valence-electron chi connectivity index (χ2n) is 3.97. The molecular formula is C12H13ClN2O2S2. The normalized spacial score (nSPS) is 10.8. The molecule has 1 N–H and O–H groups in total. The molecule has 0 fully saturated rings. The predicted octanol–water partition coefficient (Wildman–Crippen LogP) is 3.33. The van der Waals surface area contributed by atoms with Crippen LogP contribution in [0.1, 0.15) is 10.6 Å². The molecule has 2 aromatic rings. The van der Waals surface area contributed by atoms with Crippen LogP contribution in [0.5, 0.6) is 0 Å². The molecule has 0 radical (unpaired) electrons. The lowest BCUT2D eigenvalue weighted by Crippen LogP contribution is -2.06. The lowest BCUT2D eigenvalue weighted by Gasteiger charge is -2.08. The van der Waals surface area contributed by atoms with Crippen molar-refractivity contribution in [3.63, 3.8) is 0 Å². The number of aliphatic carboxylic acids is 1. The van der Waals surface area contributed by atoms with Crippen LogP contribution in [0.3, 0.4) is 0 Å². The second-order valence-corrected chi connectivity index (χ2v) is 6.71. The Labute approximate surface area is 124 Å². The third-order valence-electron chi connectivity index (χ3n) is 2.55. The number of aryl methyl sites for hydroxylation is 2. The molecule has 0 bridgehead atoms. The van der Waals surface area contributed by atoms with E-state index >= 15 is 0 Å². The Balaban J connectivity index is 2.02. The van der Waals surface area contributed by atoms with E-state index < -0.39 is 5.97 Å². The molecule has 0 aromatic carbocycles. The van der Waals surface area contributed by atoms with E-state index in [1.165, 1.54) is 16.6 Å². The Kier molecular flexibility index (Phi) is 4.90. The number of hydrogen-bond donors (Lipinski definition) is 1. The van der Waals surface area contributed by atoms with Gasteiger partial charge >= 0.3 is 5.97 Å². The molecule has 0 saturated heterocycles. The van der Waals surface area contributed by atoms with Gasteiger partial charge in [-0.15, -0.1) is 11.3 Å². The summed E-state index contributed by atoms with van der Waals surface area (Å²) in [6, 6.07) is 3.91. The van der Waals surface area contributed by atoms with Crippen LogP contribution in [0, 0.1) is 6.92 Å². The number of carboxylic acid groups (broad SMARTS) is 1. The van der Waals surface area contributed by atoms with E-state index in [1.807, 2.05) is 23.6 Å². The van der Waals surface area contributed by atoms with Crippen molar-refractivity contribution >= 4 is 40.7 Å². The number of thiophene rings is 1. The maximum absolute atomic E-state index is 10.6. The maximum atomic E-state index is 10.6. The van der Waals surface area contributed by atoms with Crippen LogP contribution in [-0.2, 0) is 17.8 Å². The molecule has 0 spiro atoms. The summed E-state index contributed by atoms with van der Waals surface area (Å²) in [6.07, 6.45) is 2.64. The molecule has 0 aliphatic carbocycles. The van der Waals surface area contributed by atoms with Crippen LogP contribution in [0.25, 0.3) is 0 Å². The van der Waals surface area contributed by atoms with E-state index in [-0.39, 0.29) is 5.75 Å². The fraction of sp³-hybridized carbons (Fsp3) is 0.333. The smallest absolute Gasteiger partial charge is 0.313 e. The van der Waals surface area contributed by atoms with E-state index in [1.54, 1.807) is 17.5 Å². The molecular weight excluding hydrogens is 304 g/mol. The second kappa shape index (κ2) is 6.45. The van der Waals surface area contributed by atoms with Gasteiger partial charge in [0.2, 0.25) is 0 Å². The lowest BCUT2D eigenvalue weighted by atomic mass is 10.3. The molecule has 0 unspecified atom stereocenters. The summed E-state index contributed by atoms with van der Waals surface area (Å²) in [4.78, 5) is 16.1. The van der Waals surface area contributed by atoms with Crippen molar-refractivity contribution in [1.29, 1.82) is 0 Å². The van der Waals surface area contributed by atoms with Gasteiger partial charge in [-0.3, -0.25) is 4.79 Å². The first-order valence-corrected chi connectivity index (χ1v) is 7.85. The highest BCUT2D eigenvalue weighted by molar-refractivity contribution is 7.99. The topological polar surface area (TPSA) is 55.1 Å². The number of imidazole rings is 1. The van der Waals surface area contributed by atoms with Crippen LogP contribution in [0.15, 0.2) is 23.5 Å². The SMILES string of the molecule is Cc1cnc(SCC(=O)O)n1CCc1ccc(Cl)s1. The summed E-state index contributed by atoms with van der Waals surface area (Å²) >= 11 is 8.71. The molecule has 19 heavy (non-hydrogen) atoms. The van der Waals surface area contributed by atoms with Crippen LogP contribution in [0.2, 0.25) is 4.34 Å². The summed E-state index contributed by atoms with van der Waals surface area (Å²) in [7, 11) is 0. The summed E-state index contributed by atoms with van der Waals surface area (Å²) in [5.41, 5.74) is 1.04. The molecule has 7 heteroatoms. The zero-order valence-electron chi connectivity index (χ0n) is 10.3. The van der Waals surface area contributed by atoms with Crippen LogP contribution >= 0.6 is 34.7 Å². The zero-order valence-corrected chi connectivity index (χ0v) is 12.7. The average molecular weight is 317 g/mol. The van der Waals surface area contributed by atoms with Crippen molar-refractivity contribution in [3.05, 3.63) is 33.2 Å². The summed E-state index contributed by atoms with van der Waals surface area (Å²) in [6.45, 7) is 2.75. The number of halogens is 1. The third kappa shape index (κ3) is 3.99. The highest BCUT2D eigenvalue weighted by Crippen LogP contribution is 2.23. The Morgan fingerprint density at radius 3 is 3.00 bits per heavy atom. The first kappa shape index (κ1) is 14.4. The summed E-state index contributed by atoms with van der Waals surface area (Å²) in [5.74, 6) is -0.802. The van der Waals surface area contributed by atoms with Crippen molar-refractivity contribution in [3.8, 4) is 0 Å². The van der Waals surface area contributed by atoms with Gasteiger partial charge < -0.3 is 9.67 Å². The van der Waals surface area contributed by atoms with Gasteiger partial charge in [-0.1, -0.05) is 23.4 Å². The summed E-state index contributed by atoms with van der Waals surface area (Å²) in [5, 5.41) is 9.46. The monoisotopic (exact) mass is 316 g/mol. The molecule has 0 atom stereocenters. The molecule has 2 aromatic heterocycles. The van der Waals surface area contributed by atoms with Gasteiger partial charge in [-0.2, -0.15) is 0 Å². The van der Waals surface area contributed by atoms with Crippen LogP contribution in [0.4, 0.5) is 0 Å². The van der Waals surface area contributed by atoms with E-state index in [0.717, 1.165) is 28.2 Å². The lowest BCUT2D eigenvalue weighted by molar-refractivity contribution is -0.133. The van der Waals surface area contributed by atoms with E-state index in [9.17, 15) is 4.79 Å². The molecule has 0 aliphatic heterocycles. The van der Waals surface area contributed by atoms with Crippen LogP contribution < -0.4 is 0 Å². The molecule has 0 amide bonds. The Morgan fingerprint density at radius 2 is 2.37 bits per heavy atom. The van der Waals surface area contributed by atoms with Crippen molar-refractivity contribution in [1.82, 2.24) is 9.55 Å². The Bertz CT molecular complexity index is 580. The molecule has 2 rings (SSSR count). The van der Waals surface area contributed by atoms with Gasteiger partial charge in [0, 0.05) is 23.3 Å². The number of nitrogens with zero attached hydrogens (tertiary/aromatic N) is 2. The highest BCUT2D eigenvalue weighted by atomic mass is 35.5. The van der Waals surface area contributed by atoms with Gasteiger partial charge in [0.15, 0.2) is 5.16 Å². The Morgan fingerprint density at radius 1 is 1.58 bits per heavy atom. The van der Waals surface area contributed by atoms with Crippen molar-refractivity contribution in [2.75, 3.05) is 5.75 Å². The third-order valence-corrected chi connectivity index (χ3v) is 4.82. The van der Waals surface area contributed by atoms with Gasteiger partial charge in [0.1, 0.15) is 0 Å². The minimum absolute atomic E-state index is 0.0291. The molecule has 2 heterocycles. The Hall–Kier alpha value is -0.980. The molecule has 0 aliphatic rings. The van der Waals surface area contributed by atoms with Crippen LogP contribution in [-0.4, -0.2) is 26.4 Å². The quantitative estimate of drug-likeness (QED) is 0.831. The average Bonchev–Trinajstić information content (AvgIpc) is 2.91. The van der Waals surface area contributed by atoms with Gasteiger partial charge in [-0.25, -0.2) is 4.98 Å². The fourth-order valence-corrected chi connectivity index (χ4v) is 3.51. The number of rotatable bonds is 6. The molecule has 4 nitrogen and oxygen atoms in total. The van der Waals surface area contributed by atoms with Gasteiger partial charge in [0.05, 0.1) is 10.1 Å². The van der Waals surface area contributed by atoms with Crippen molar-refractivity contribution in [2.45, 2.75) is 25.0 Å². The standard InChI is InChI=1S/C12H13ClN2O2S2/c1-8-6-14-12(18-7-11(16)17)15(8)5-4-9-2-3-10(13)19-9/h2-3,6H,4-5,7H2,1H3,(H,16,17). The van der Waals surface area contributed by atoms with Gasteiger partial charge in [0.25, 0.3) is 0 Å². The van der Waals surface area contributed by atoms with E-state index in [4.69, 9.17) is 16.7 Å².